The van der Waals surface area contributed by atoms with E-state index in [1.807, 2.05) is 0 Å². The van der Waals surface area contributed by atoms with Crippen molar-refractivity contribution in [1.29, 1.82) is 0 Å². The van der Waals surface area contributed by atoms with Crippen LogP contribution in [-0.4, -0.2) is 66.1 Å². The van der Waals surface area contributed by atoms with Crippen molar-refractivity contribution in [2.45, 2.75) is 93.5 Å². The molecule has 2 heterocycles. The molecule has 1 aromatic carbocycles. The molecule has 2 aliphatic heterocycles. The summed E-state index contributed by atoms with van der Waals surface area (Å²) in [6.07, 6.45) is 8.72. The number of hydrogen-bond donors (Lipinski definition) is 1. The molecule has 0 bridgehead atoms. The number of piperidine rings is 1. The number of carboxylic acid groups (broad SMARTS) is 1. The first-order valence-electron chi connectivity index (χ1n) is 14.6. The standard InChI is InChI=1S/C30H39Cl2N3O6S/c1-3-4-13-30(33-25(27(32)34-30)17-22(28(36)41-2)15-20-8-5-6-9-20)19-21-12-14-35(29(37)38)26(16-21)42(39,40)24-11-7-10-23(31)18-24/h7,10-11,17-18,20-21,26H,3-6,8-9,12-16,19H2,1-2H3,(H,37,38). The molecule has 1 aliphatic carbocycles. The fourth-order valence-corrected chi connectivity index (χ4v) is 8.81. The Labute approximate surface area is 257 Å². The number of amides is 1. The van der Waals surface area contributed by atoms with Gasteiger partial charge in [-0.25, -0.2) is 23.0 Å². The molecule has 1 N–H and O–H groups in total. The van der Waals surface area contributed by atoms with Gasteiger partial charge in [0.05, 0.1) is 17.7 Å². The maximum atomic E-state index is 13.7. The van der Waals surface area contributed by atoms with E-state index < -0.39 is 32.9 Å². The lowest BCUT2D eigenvalue weighted by molar-refractivity contribution is -0.136. The number of aliphatic imine (C=N–C) groups is 2. The molecule has 9 nitrogen and oxygen atoms in total. The molecule has 2 fully saturated rings. The SMILES string of the molecule is CCCCC1(CC2CCN(C(=O)O)C(S(=O)(=O)c3cccc(Cl)c3)C2)N=C(Cl)C(C=C(CC2CCCC2)C(=O)OC)=N1. The van der Waals surface area contributed by atoms with Crippen LogP contribution in [0.4, 0.5) is 4.79 Å². The molecule has 0 aromatic heterocycles. The maximum Gasteiger partial charge on any atom is 0.408 e. The van der Waals surface area contributed by atoms with Gasteiger partial charge in [-0.3, -0.25) is 9.89 Å². The van der Waals surface area contributed by atoms with Crippen LogP contribution in [0.1, 0.15) is 77.6 Å². The maximum absolute atomic E-state index is 13.7. The molecule has 3 unspecified atom stereocenters. The predicted molar refractivity (Wildman–Crippen MR) is 164 cm³/mol. The summed E-state index contributed by atoms with van der Waals surface area (Å²) in [6, 6.07) is 5.89. The first-order valence-corrected chi connectivity index (χ1v) is 16.9. The van der Waals surface area contributed by atoms with Crippen LogP contribution in [0.25, 0.3) is 0 Å². The van der Waals surface area contributed by atoms with Crippen molar-refractivity contribution < 1.29 is 27.9 Å². The van der Waals surface area contributed by atoms with Crippen molar-refractivity contribution >= 4 is 56.0 Å². The number of unbranched alkanes of at least 4 members (excludes halogenated alkanes) is 1. The van der Waals surface area contributed by atoms with E-state index in [2.05, 4.69) is 6.92 Å². The van der Waals surface area contributed by atoms with E-state index in [-0.39, 0.29) is 34.0 Å². The Morgan fingerprint density at radius 2 is 1.90 bits per heavy atom. The number of carbonyl (C=O) groups excluding carboxylic acids is 1. The molecule has 3 atom stereocenters. The minimum atomic E-state index is -4.04. The van der Waals surface area contributed by atoms with Crippen LogP contribution in [0, 0.1) is 11.8 Å². The number of rotatable bonds is 11. The lowest BCUT2D eigenvalue weighted by atomic mass is 9.85. The summed E-state index contributed by atoms with van der Waals surface area (Å²) in [6.45, 7) is 2.13. The van der Waals surface area contributed by atoms with E-state index in [4.69, 9.17) is 37.9 Å². The Balaban J connectivity index is 1.63. The minimum Gasteiger partial charge on any atom is -0.466 e. The highest BCUT2D eigenvalue weighted by atomic mass is 35.5. The van der Waals surface area contributed by atoms with E-state index in [9.17, 15) is 23.1 Å². The summed E-state index contributed by atoms with van der Waals surface area (Å²) in [5.74, 6) is -0.179. The van der Waals surface area contributed by atoms with Crippen LogP contribution < -0.4 is 0 Å². The zero-order valence-corrected chi connectivity index (χ0v) is 26.4. The van der Waals surface area contributed by atoms with Gasteiger partial charge in [0.15, 0.2) is 20.7 Å². The van der Waals surface area contributed by atoms with Crippen LogP contribution in [-0.2, 0) is 19.4 Å². The number of methoxy groups -OCH3 is 1. The fraction of sp³-hybridized carbons (Fsp3) is 0.600. The third-order valence-electron chi connectivity index (χ3n) is 8.52. The minimum absolute atomic E-state index is 0.0161. The lowest BCUT2D eigenvalue weighted by Gasteiger charge is -2.39. The molecule has 1 amide bonds. The fourth-order valence-electron chi connectivity index (χ4n) is 6.37. The van der Waals surface area contributed by atoms with Crippen molar-refractivity contribution in [3.8, 4) is 0 Å². The Bertz CT molecular complexity index is 1370. The second-order valence-electron chi connectivity index (χ2n) is 11.5. The first kappa shape index (κ1) is 32.5. The molecule has 1 saturated heterocycles. The second-order valence-corrected chi connectivity index (χ2v) is 14.4. The van der Waals surface area contributed by atoms with Gasteiger partial charge in [0.1, 0.15) is 5.37 Å². The zero-order chi connectivity index (χ0) is 30.5. The number of benzene rings is 1. The number of esters is 1. The average molecular weight is 641 g/mol. The van der Waals surface area contributed by atoms with Gasteiger partial charge in [-0.1, -0.05) is 68.3 Å². The Morgan fingerprint density at radius 3 is 2.55 bits per heavy atom. The van der Waals surface area contributed by atoms with Gasteiger partial charge in [0.2, 0.25) is 0 Å². The predicted octanol–water partition coefficient (Wildman–Crippen LogP) is 6.88. The van der Waals surface area contributed by atoms with Crippen LogP contribution in [0.2, 0.25) is 5.02 Å². The third kappa shape index (κ3) is 7.55. The van der Waals surface area contributed by atoms with Crippen LogP contribution >= 0.6 is 23.2 Å². The normalized spacial score (nSPS) is 25.3. The number of carbonyl (C=O) groups is 2. The molecule has 1 aromatic rings. The van der Waals surface area contributed by atoms with E-state index in [0.717, 1.165) is 43.4 Å². The highest BCUT2D eigenvalue weighted by Crippen LogP contribution is 2.41. The second kappa shape index (κ2) is 13.9. The Morgan fingerprint density at radius 1 is 1.17 bits per heavy atom. The molecule has 12 heteroatoms. The van der Waals surface area contributed by atoms with Gasteiger partial charge < -0.3 is 9.84 Å². The van der Waals surface area contributed by atoms with Crippen LogP contribution in [0.15, 0.2) is 50.8 Å². The molecular weight excluding hydrogens is 601 g/mol. The van der Waals surface area contributed by atoms with Crippen molar-refractivity contribution in [2.75, 3.05) is 13.7 Å². The highest BCUT2D eigenvalue weighted by molar-refractivity contribution is 7.92. The monoisotopic (exact) mass is 639 g/mol. The number of nitrogens with zero attached hydrogens (tertiary/aromatic N) is 3. The van der Waals surface area contributed by atoms with Crippen molar-refractivity contribution in [3.05, 3.63) is 40.9 Å². The summed E-state index contributed by atoms with van der Waals surface area (Å²) in [7, 11) is -2.68. The summed E-state index contributed by atoms with van der Waals surface area (Å²) >= 11 is 12.7. The van der Waals surface area contributed by atoms with E-state index in [1.54, 1.807) is 12.1 Å². The first-order chi connectivity index (χ1) is 20.0. The zero-order valence-electron chi connectivity index (χ0n) is 24.1. The topological polar surface area (TPSA) is 126 Å². The molecule has 1 saturated carbocycles. The van der Waals surface area contributed by atoms with Gasteiger partial charge >= 0.3 is 12.1 Å². The molecule has 3 aliphatic rings. The van der Waals surface area contributed by atoms with E-state index in [1.165, 1.54) is 25.3 Å². The molecule has 0 spiro atoms. The number of hydrogen-bond acceptors (Lipinski definition) is 7. The van der Waals surface area contributed by atoms with Gasteiger partial charge in [-0.2, -0.15) is 0 Å². The number of allylic oxidation sites excluding steroid dienone is 1. The highest BCUT2D eigenvalue weighted by Gasteiger charge is 2.44. The summed E-state index contributed by atoms with van der Waals surface area (Å²) in [5, 5.41) is 9.06. The van der Waals surface area contributed by atoms with Crippen LogP contribution in [0.5, 0.6) is 0 Å². The lowest BCUT2D eigenvalue weighted by Crippen LogP contribution is -2.50. The van der Waals surface area contributed by atoms with Gasteiger partial charge in [0.25, 0.3) is 0 Å². The Kier molecular flexibility index (Phi) is 10.8. The van der Waals surface area contributed by atoms with Gasteiger partial charge in [-0.05, 0) is 74.6 Å². The number of halogens is 2. The van der Waals surface area contributed by atoms with E-state index in [0.29, 0.717) is 42.9 Å². The van der Waals surface area contributed by atoms with Gasteiger partial charge in [-0.15, -0.1) is 0 Å². The molecule has 230 valence electrons. The molecule has 0 radical (unpaired) electrons. The smallest absolute Gasteiger partial charge is 0.408 e. The number of sulfone groups is 1. The molecule has 42 heavy (non-hydrogen) atoms. The number of likely N-dealkylation sites (tertiary alicyclic amines) is 1. The van der Waals surface area contributed by atoms with Crippen LogP contribution in [0.3, 0.4) is 0 Å². The van der Waals surface area contributed by atoms with Crippen molar-refractivity contribution in [3.63, 3.8) is 0 Å². The third-order valence-corrected chi connectivity index (χ3v) is 11.1. The van der Waals surface area contributed by atoms with Crippen molar-refractivity contribution in [1.82, 2.24) is 4.90 Å². The van der Waals surface area contributed by atoms with E-state index >= 15 is 0 Å². The number of ether oxygens (including phenoxy) is 1. The molecular formula is C30H39Cl2N3O6S. The van der Waals surface area contributed by atoms with Crippen molar-refractivity contribution in [2.24, 2.45) is 21.8 Å². The largest absolute Gasteiger partial charge is 0.466 e. The van der Waals surface area contributed by atoms with Gasteiger partial charge in [0, 0.05) is 17.1 Å². The Hall–Kier alpha value is -2.43. The average Bonchev–Trinajstić information content (AvgIpc) is 3.58. The summed E-state index contributed by atoms with van der Waals surface area (Å²) in [5.41, 5.74) is 0.0241. The summed E-state index contributed by atoms with van der Waals surface area (Å²) in [4.78, 5) is 35.5. The summed E-state index contributed by atoms with van der Waals surface area (Å²) < 4.78 is 32.4. The quantitative estimate of drug-likeness (QED) is 0.208. The molecule has 4 rings (SSSR count).